The van der Waals surface area contributed by atoms with Crippen molar-refractivity contribution in [2.45, 2.75) is 32.6 Å². The van der Waals surface area contributed by atoms with Gasteiger partial charge in [-0.15, -0.1) is 6.58 Å². The van der Waals surface area contributed by atoms with E-state index in [9.17, 15) is 19.2 Å². The Kier molecular flexibility index (Phi) is 6.48. The van der Waals surface area contributed by atoms with Crippen LogP contribution >= 0.6 is 0 Å². The Balaban J connectivity index is 2.99. The van der Waals surface area contributed by atoms with Crippen LogP contribution in [-0.4, -0.2) is 53.8 Å². The Morgan fingerprint density at radius 3 is 2.65 bits per heavy atom. The number of esters is 1. The van der Waals surface area contributed by atoms with E-state index in [0.29, 0.717) is 19.5 Å². The van der Waals surface area contributed by atoms with Crippen LogP contribution in [0.15, 0.2) is 12.7 Å². The first-order valence-electron chi connectivity index (χ1n) is 7.54. The van der Waals surface area contributed by atoms with Crippen LogP contribution in [0.5, 0.6) is 0 Å². The number of unbranched alkanes of at least 4 members (excludes halogenated alkanes) is 1. The van der Waals surface area contributed by atoms with Crippen LogP contribution in [0.4, 0.5) is 0 Å². The second-order valence-corrected chi connectivity index (χ2v) is 5.82. The van der Waals surface area contributed by atoms with Crippen molar-refractivity contribution < 1.29 is 29.0 Å². The molecule has 1 fully saturated rings. The van der Waals surface area contributed by atoms with Crippen molar-refractivity contribution in [2.75, 3.05) is 20.2 Å². The minimum absolute atomic E-state index is 0.226. The number of hydrogen-bond donors (Lipinski definition) is 1. The molecule has 0 aliphatic carbocycles. The lowest BCUT2D eigenvalue weighted by molar-refractivity contribution is -0.165. The lowest BCUT2D eigenvalue weighted by atomic mass is 9.73. The predicted octanol–water partition coefficient (Wildman–Crippen LogP) is 1.02. The lowest BCUT2D eigenvalue weighted by Gasteiger charge is -2.39. The summed E-state index contributed by atoms with van der Waals surface area (Å²) in [5, 5.41) is 9.16. The highest BCUT2D eigenvalue weighted by molar-refractivity contribution is 6.21. The van der Waals surface area contributed by atoms with E-state index in [0.717, 1.165) is 20.0 Å². The number of allylic oxidation sites excluding steroid dienone is 1. The largest absolute Gasteiger partial charge is 0.480 e. The zero-order valence-electron chi connectivity index (χ0n) is 13.5. The van der Waals surface area contributed by atoms with Crippen molar-refractivity contribution in [1.29, 1.82) is 0 Å². The van der Waals surface area contributed by atoms with Gasteiger partial charge >= 0.3 is 11.9 Å². The Bertz CT molecular complexity index is 515. The molecule has 1 N–H and O–H groups in total. The fourth-order valence-electron chi connectivity index (χ4n) is 2.81. The summed E-state index contributed by atoms with van der Waals surface area (Å²) >= 11 is 0. The summed E-state index contributed by atoms with van der Waals surface area (Å²) in [6.07, 6.45) is 4.02. The standard InChI is InChI=1S/C16H23NO6/c1-4-5-6-9-17-10-7-8-16(2,15(17)22)12(18)11(13(19)20)14(21)23-3/h4,11H,1,5-10H2,2-3H3,(H,19,20). The number of nitrogens with zero attached hydrogens (tertiary/aromatic N) is 1. The second kappa shape index (κ2) is 7.89. The quantitative estimate of drug-likeness (QED) is 0.309. The second-order valence-electron chi connectivity index (χ2n) is 5.82. The molecule has 2 unspecified atom stereocenters. The monoisotopic (exact) mass is 325 g/mol. The molecule has 1 rings (SSSR count). The number of carbonyl (C=O) groups is 4. The van der Waals surface area contributed by atoms with Gasteiger partial charge in [-0.1, -0.05) is 6.08 Å². The molecule has 0 aromatic heterocycles. The van der Waals surface area contributed by atoms with Crippen molar-refractivity contribution in [3.8, 4) is 0 Å². The molecule has 0 spiro atoms. The summed E-state index contributed by atoms with van der Waals surface area (Å²) < 4.78 is 4.40. The van der Waals surface area contributed by atoms with E-state index in [2.05, 4.69) is 11.3 Å². The molecule has 1 aliphatic rings. The molecular weight excluding hydrogens is 302 g/mol. The van der Waals surface area contributed by atoms with Gasteiger partial charge in [0.1, 0.15) is 5.41 Å². The van der Waals surface area contributed by atoms with Crippen molar-refractivity contribution in [1.82, 2.24) is 4.90 Å². The molecule has 0 aromatic rings. The number of likely N-dealkylation sites (tertiary alicyclic amines) is 1. The fourth-order valence-corrected chi connectivity index (χ4v) is 2.81. The van der Waals surface area contributed by atoms with Gasteiger partial charge in [-0.3, -0.25) is 19.2 Å². The minimum atomic E-state index is -1.97. The topological polar surface area (TPSA) is 101 Å². The maximum absolute atomic E-state index is 12.7. The molecule has 0 aromatic carbocycles. The smallest absolute Gasteiger partial charge is 0.327 e. The van der Waals surface area contributed by atoms with Crippen LogP contribution in [0.2, 0.25) is 0 Å². The van der Waals surface area contributed by atoms with Gasteiger partial charge in [0.25, 0.3) is 0 Å². The molecular formula is C16H23NO6. The number of ketones is 1. The van der Waals surface area contributed by atoms with Crippen molar-refractivity contribution in [3.63, 3.8) is 0 Å². The van der Waals surface area contributed by atoms with Crippen LogP contribution in [0.3, 0.4) is 0 Å². The maximum atomic E-state index is 12.7. The highest BCUT2D eigenvalue weighted by atomic mass is 16.5. The van der Waals surface area contributed by atoms with Gasteiger partial charge in [0.05, 0.1) is 7.11 Å². The fraction of sp³-hybridized carbons (Fsp3) is 0.625. The third-order valence-electron chi connectivity index (χ3n) is 4.19. The van der Waals surface area contributed by atoms with E-state index in [1.165, 1.54) is 6.92 Å². The number of piperidine rings is 1. The number of ether oxygens (including phenoxy) is 1. The summed E-state index contributed by atoms with van der Waals surface area (Å²) in [6, 6.07) is 0. The van der Waals surface area contributed by atoms with Gasteiger partial charge in [0.15, 0.2) is 5.78 Å². The van der Waals surface area contributed by atoms with Gasteiger partial charge in [0.2, 0.25) is 11.8 Å². The highest BCUT2D eigenvalue weighted by Crippen LogP contribution is 2.35. The SMILES string of the molecule is C=CCCCN1CCCC(C)(C(=O)C(C(=O)O)C(=O)OC)C1=O. The van der Waals surface area contributed by atoms with Gasteiger partial charge in [-0.05, 0) is 32.6 Å². The highest BCUT2D eigenvalue weighted by Gasteiger charge is 2.52. The number of methoxy groups -OCH3 is 1. The predicted molar refractivity (Wildman–Crippen MR) is 81.5 cm³/mol. The third-order valence-corrected chi connectivity index (χ3v) is 4.19. The third kappa shape index (κ3) is 3.97. The van der Waals surface area contributed by atoms with E-state index in [1.54, 1.807) is 11.0 Å². The first kappa shape index (κ1) is 18.9. The summed E-state index contributed by atoms with van der Waals surface area (Å²) in [4.78, 5) is 49.7. The normalized spacial score (nSPS) is 22.3. The first-order chi connectivity index (χ1) is 10.8. The van der Waals surface area contributed by atoms with E-state index in [1.807, 2.05) is 0 Å². The van der Waals surface area contributed by atoms with Gasteiger partial charge in [-0.2, -0.15) is 0 Å². The maximum Gasteiger partial charge on any atom is 0.327 e. The Morgan fingerprint density at radius 1 is 1.48 bits per heavy atom. The van der Waals surface area contributed by atoms with Crippen molar-refractivity contribution in [2.24, 2.45) is 11.3 Å². The number of carbonyl (C=O) groups excluding carboxylic acids is 3. The molecule has 1 heterocycles. The Hall–Kier alpha value is -2.18. The van der Waals surface area contributed by atoms with Crippen molar-refractivity contribution >= 4 is 23.6 Å². The molecule has 1 aliphatic heterocycles. The number of hydrogen-bond acceptors (Lipinski definition) is 5. The average molecular weight is 325 g/mol. The van der Waals surface area contributed by atoms with Gasteiger partial charge in [-0.25, -0.2) is 0 Å². The van der Waals surface area contributed by atoms with Crippen LogP contribution < -0.4 is 0 Å². The summed E-state index contributed by atoms with van der Waals surface area (Å²) in [7, 11) is 1.01. The molecule has 7 nitrogen and oxygen atoms in total. The van der Waals surface area contributed by atoms with Crippen LogP contribution in [0.25, 0.3) is 0 Å². The zero-order valence-corrected chi connectivity index (χ0v) is 13.5. The van der Waals surface area contributed by atoms with Crippen LogP contribution in [0.1, 0.15) is 32.6 Å². The number of Topliss-reactive ketones (excluding diaryl/α,β-unsaturated/α-hetero) is 1. The lowest BCUT2D eigenvalue weighted by Crippen LogP contribution is -2.55. The molecule has 7 heteroatoms. The molecule has 0 saturated carbocycles. The van der Waals surface area contributed by atoms with E-state index in [4.69, 9.17) is 5.11 Å². The molecule has 2 atom stereocenters. The van der Waals surface area contributed by atoms with E-state index in [-0.39, 0.29) is 6.42 Å². The Labute approximate surface area is 135 Å². The summed E-state index contributed by atoms with van der Waals surface area (Å²) in [5.74, 6) is -6.05. The minimum Gasteiger partial charge on any atom is -0.480 e. The van der Waals surface area contributed by atoms with Gasteiger partial charge < -0.3 is 14.7 Å². The number of amides is 1. The van der Waals surface area contributed by atoms with Crippen LogP contribution in [0, 0.1) is 11.3 Å². The average Bonchev–Trinajstić information content (AvgIpc) is 2.51. The van der Waals surface area contributed by atoms with E-state index >= 15 is 0 Å². The number of rotatable bonds is 8. The molecule has 0 bridgehead atoms. The number of carboxylic acids is 1. The van der Waals surface area contributed by atoms with Crippen LogP contribution in [-0.2, 0) is 23.9 Å². The summed E-state index contributed by atoms with van der Waals surface area (Å²) in [5.41, 5.74) is -1.51. The molecule has 1 saturated heterocycles. The van der Waals surface area contributed by atoms with E-state index < -0.39 is 35.0 Å². The van der Waals surface area contributed by atoms with Crippen molar-refractivity contribution in [3.05, 3.63) is 12.7 Å². The number of aliphatic carboxylic acids is 1. The molecule has 23 heavy (non-hydrogen) atoms. The molecule has 128 valence electrons. The molecule has 1 amide bonds. The number of carboxylic acid groups (broad SMARTS) is 1. The first-order valence-corrected chi connectivity index (χ1v) is 7.54. The molecule has 0 radical (unpaired) electrons. The zero-order chi connectivity index (χ0) is 17.6. The van der Waals surface area contributed by atoms with Gasteiger partial charge in [0, 0.05) is 13.1 Å². The Morgan fingerprint density at radius 2 is 2.13 bits per heavy atom. The summed E-state index contributed by atoms with van der Waals surface area (Å²) in [6.45, 7) is 6.03.